The normalized spacial score (nSPS) is 13.5. The Hall–Kier alpha value is -4.76. The number of morpholine rings is 1. The van der Waals surface area contributed by atoms with Gasteiger partial charge >= 0.3 is 0 Å². The van der Waals surface area contributed by atoms with Crippen molar-refractivity contribution < 1.29 is 14.3 Å². The maximum absolute atomic E-state index is 13.0. The van der Waals surface area contributed by atoms with Crippen molar-refractivity contribution in [3.63, 3.8) is 0 Å². The van der Waals surface area contributed by atoms with Crippen LogP contribution in [0.2, 0.25) is 0 Å². The Balaban J connectivity index is 1.32. The lowest BCUT2D eigenvalue weighted by Crippen LogP contribution is -2.40. The molecule has 42 heavy (non-hydrogen) atoms. The Morgan fingerprint density at radius 1 is 0.905 bits per heavy atom. The van der Waals surface area contributed by atoms with E-state index in [2.05, 4.69) is 41.6 Å². The van der Waals surface area contributed by atoms with Gasteiger partial charge in [-0.3, -0.25) is 14.4 Å². The molecule has 4 aromatic rings. The molecular weight excluding hydrogens is 530 g/mol. The van der Waals surface area contributed by atoms with Crippen LogP contribution in [0.3, 0.4) is 0 Å². The largest absolute Gasteiger partial charge is 0.378 e. The minimum absolute atomic E-state index is 0.00280. The Morgan fingerprint density at radius 2 is 1.57 bits per heavy atom. The van der Waals surface area contributed by atoms with E-state index >= 15 is 0 Å². The SMILES string of the molecule is Cc1c(NC(=O)c2ccc(C(C)(C)C)cc2)cccc1-c1cc(Nc2ccc(C(=O)N3CCOCC3)cc2)c(=O)[nH]n1. The van der Waals surface area contributed by atoms with E-state index in [1.54, 1.807) is 35.2 Å². The third kappa shape index (κ3) is 6.42. The molecule has 1 saturated heterocycles. The fourth-order valence-corrected chi connectivity index (χ4v) is 4.80. The predicted molar refractivity (Wildman–Crippen MR) is 165 cm³/mol. The van der Waals surface area contributed by atoms with Crippen LogP contribution in [0.4, 0.5) is 17.1 Å². The Kier molecular flexibility index (Phi) is 8.22. The molecule has 0 saturated carbocycles. The fraction of sp³-hybridized carbons (Fsp3) is 0.273. The molecule has 0 atom stereocenters. The van der Waals surface area contributed by atoms with Crippen molar-refractivity contribution >= 4 is 28.9 Å². The minimum atomic E-state index is -0.381. The number of benzene rings is 3. The van der Waals surface area contributed by atoms with Crippen LogP contribution >= 0.6 is 0 Å². The Morgan fingerprint density at radius 3 is 2.24 bits per heavy atom. The van der Waals surface area contributed by atoms with Gasteiger partial charge in [0.25, 0.3) is 17.4 Å². The summed E-state index contributed by atoms with van der Waals surface area (Å²) in [4.78, 5) is 40.2. The molecule has 0 unspecified atom stereocenters. The first-order valence-electron chi connectivity index (χ1n) is 14.0. The molecule has 216 valence electrons. The van der Waals surface area contributed by atoms with Crippen molar-refractivity contribution in [2.24, 2.45) is 0 Å². The number of ether oxygens (including phenoxy) is 1. The summed E-state index contributed by atoms with van der Waals surface area (Å²) in [7, 11) is 0. The van der Waals surface area contributed by atoms with E-state index in [4.69, 9.17) is 4.74 Å². The quantitative estimate of drug-likeness (QED) is 0.284. The fourth-order valence-electron chi connectivity index (χ4n) is 4.80. The zero-order valence-electron chi connectivity index (χ0n) is 24.3. The van der Waals surface area contributed by atoms with E-state index in [0.29, 0.717) is 60.2 Å². The number of H-pyrrole nitrogens is 1. The zero-order valence-corrected chi connectivity index (χ0v) is 24.3. The number of anilines is 3. The van der Waals surface area contributed by atoms with Gasteiger partial charge in [-0.05, 0) is 72.0 Å². The van der Waals surface area contributed by atoms with Crippen LogP contribution in [0, 0.1) is 6.92 Å². The predicted octanol–water partition coefficient (Wildman–Crippen LogP) is 5.51. The van der Waals surface area contributed by atoms with Gasteiger partial charge in [-0.15, -0.1) is 0 Å². The number of carbonyl (C=O) groups is 2. The van der Waals surface area contributed by atoms with Crippen LogP contribution in [0.25, 0.3) is 11.3 Å². The number of hydrogen-bond donors (Lipinski definition) is 3. The summed E-state index contributed by atoms with van der Waals surface area (Å²) < 4.78 is 5.33. The summed E-state index contributed by atoms with van der Waals surface area (Å²) in [5.41, 5.74) is 5.66. The van der Waals surface area contributed by atoms with E-state index in [1.165, 1.54) is 0 Å². The lowest BCUT2D eigenvalue weighted by atomic mass is 9.86. The summed E-state index contributed by atoms with van der Waals surface area (Å²) in [6.07, 6.45) is 0. The highest BCUT2D eigenvalue weighted by atomic mass is 16.5. The first-order valence-corrected chi connectivity index (χ1v) is 14.0. The third-order valence-corrected chi connectivity index (χ3v) is 7.38. The highest BCUT2D eigenvalue weighted by Gasteiger charge is 2.19. The van der Waals surface area contributed by atoms with E-state index in [0.717, 1.165) is 16.7 Å². The Labute approximate surface area is 244 Å². The highest BCUT2D eigenvalue weighted by molar-refractivity contribution is 6.05. The van der Waals surface area contributed by atoms with Crippen LogP contribution in [-0.4, -0.2) is 53.2 Å². The molecule has 3 aromatic carbocycles. The Bertz CT molecular complexity index is 1650. The maximum atomic E-state index is 13.0. The molecule has 2 amide bonds. The standard InChI is InChI=1S/C33H35N5O4/c1-21-26(6-5-7-27(21)35-30(39)22-8-12-24(13-9-22)33(2,3)4)28-20-29(31(40)37-36-28)34-25-14-10-23(11-15-25)32(41)38-16-18-42-19-17-38/h5-15,20H,16-19H2,1-4H3,(H,34,36)(H,35,39)(H,37,40). The molecule has 9 nitrogen and oxygen atoms in total. The van der Waals surface area contributed by atoms with Crippen molar-refractivity contribution in [3.8, 4) is 11.3 Å². The van der Waals surface area contributed by atoms with Crippen LogP contribution in [-0.2, 0) is 10.2 Å². The van der Waals surface area contributed by atoms with E-state index < -0.39 is 0 Å². The molecule has 2 heterocycles. The first-order chi connectivity index (χ1) is 20.1. The van der Waals surface area contributed by atoms with Crippen molar-refractivity contribution in [3.05, 3.63) is 105 Å². The van der Waals surface area contributed by atoms with Crippen LogP contribution < -0.4 is 16.2 Å². The van der Waals surface area contributed by atoms with Crippen molar-refractivity contribution in [1.82, 2.24) is 15.1 Å². The molecule has 5 rings (SSSR count). The number of rotatable bonds is 6. The van der Waals surface area contributed by atoms with Crippen molar-refractivity contribution in [1.29, 1.82) is 0 Å². The minimum Gasteiger partial charge on any atom is -0.378 e. The van der Waals surface area contributed by atoms with Gasteiger partial charge in [-0.1, -0.05) is 45.0 Å². The van der Waals surface area contributed by atoms with Crippen LogP contribution in [0.1, 0.15) is 52.6 Å². The van der Waals surface area contributed by atoms with E-state index in [-0.39, 0.29) is 22.8 Å². The van der Waals surface area contributed by atoms with Crippen LogP contribution in [0.5, 0.6) is 0 Å². The lowest BCUT2D eigenvalue weighted by Gasteiger charge is -2.26. The number of nitrogens with one attached hydrogen (secondary N) is 3. The molecule has 9 heteroatoms. The second kappa shape index (κ2) is 12.0. The number of hydrogen-bond acceptors (Lipinski definition) is 6. The summed E-state index contributed by atoms with van der Waals surface area (Å²) in [5.74, 6) is -0.249. The van der Waals surface area contributed by atoms with Gasteiger partial charge in [0, 0.05) is 41.2 Å². The topological polar surface area (TPSA) is 116 Å². The second-order valence-corrected chi connectivity index (χ2v) is 11.4. The third-order valence-electron chi connectivity index (χ3n) is 7.38. The van der Waals surface area contributed by atoms with E-state index in [1.807, 2.05) is 49.4 Å². The molecule has 1 fully saturated rings. The molecule has 1 aliphatic heterocycles. The number of aromatic nitrogens is 2. The molecule has 0 aliphatic carbocycles. The molecule has 0 bridgehead atoms. The van der Waals surface area contributed by atoms with Gasteiger partial charge in [-0.25, -0.2) is 5.10 Å². The smallest absolute Gasteiger partial charge is 0.287 e. The lowest BCUT2D eigenvalue weighted by molar-refractivity contribution is 0.0303. The summed E-state index contributed by atoms with van der Waals surface area (Å²) in [6, 6.07) is 21.9. The average Bonchev–Trinajstić information content (AvgIpc) is 2.99. The number of carbonyl (C=O) groups excluding carboxylic acids is 2. The molecule has 1 aliphatic rings. The molecule has 1 aromatic heterocycles. The van der Waals surface area contributed by atoms with Crippen LogP contribution in [0.15, 0.2) is 77.6 Å². The first kappa shape index (κ1) is 28.8. The van der Waals surface area contributed by atoms with Gasteiger partial charge in [-0.2, -0.15) is 5.10 Å². The number of amides is 2. The van der Waals surface area contributed by atoms with E-state index in [9.17, 15) is 14.4 Å². The van der Waals surface area contributed by atoms with Gasteiger partial charge in [0.15, 0.2) is 0 Å². The summed E-state index contributed by atoms with van der Waals surface area (Å²) in [6.45, 7) is 10.5. The van der Waals surface area contributed by atoms with Gasteiger partial charge in [0.05, 0.1) is 18.9 Å². The molecular formula is C33H35N5O4. The highest BCUT2D eigenvalue weighted by Crippen LogP contribution is 2.29. The molecule has 0 radical (unpaired) electrons. The molecule has 0 spiro atoms. The van der Waals surface area contributed by atoms with Crippen molar-refractivity contribution in [2.75, 3.05) is 36.9 Å². The molecule has 3 N–H and O–H groups in total. The monoisotopic (exact) mass is 565 g/mol. The second-order valence-electron chi connectivity index (χ2n) is 11.4. The zero-order chi connectivity index (χ0) is 29.9. The van der Waals surface area contributed by atoms with Gasteiger partial charge in [0.2, 0.25) is 0 Å². The summed E-state index contributed by atoms with van der Waals surface area (Å²) >= 11 is 0. The van der Waals surface area contributed by atoms with Crippen molar-refractivity contribution in [2.45, 2.75) is 33.1 Å². The maximum Gasteiger partial charge on any atom is 0.287 e. The number of nitrogens with zero attached hydrogens (tertiary/aromatic N) is 2. The van der Waals surface area contributed by atoms with Gasteiger partial charge in [0.1, 0.15) is 5.69 Å². The average molecular weight is 566 g/mol. The van der Waals surface area contributed by atoms with Gasteiger partial charge < -0.3 is 20.3 Å². The number of aromatic amines is 1. The summed E-state index contributed by atoms with van der Waals surface area (Å²) in [5, 5.41) is 13.0.